The van der Waals surface area contributed by atoms with Crippen LogP contribution in [0, 0.1) is 6.92 Å². The zero-order valence-corrected chi connectivity index (χ0v) is 13.7. The number of aromatic nitrogens is 2. The number of hydrogen-bond donors (Lipinski definition) is 2. The molecule has 1 aromatic carbocycles. The van der Waals surface area contributed by atoms with Crippen molar-refractivity contribution in [3.05, 3.63) is 60.3 Å². The van der Waals surface area contributed by atoms with Gasteiger partial charge in [0.1, 0.15) is 29.0 Å². The number of anilines is 3. The van der Waals surface area contributed by atoms with E-state index in [0.717, 1.165) is 28.8 Å². The second-order valence-electron chi connectivity index (χ2n) is 5.20. The highest BCUT2D eigenvalue weighted by Crippen LogP contribution is 2.20. The Hall–Kier alpha value is -3.02. The van der Waals surface area contributed by atoms with Gasteiger partial charge >= 0.3 is 0 Å². The molecule has 0 aliphatic rings. The Kier molecular flexibility index (Phi) is 4.96. The number of benzene rings is 1. The van der Waals surface area contributed by atoms with Crippen LogP contribution in [0.2, 0.25) is 0 Å². The summed E-state index contributed by atoms with van der Waals surface area (Å²) in [7, 11) is 0. The summed E-state index contributed by atoms with van der Waals surface area (Å²) in [6.07, 6.45) is 1.65. The number of nitrogens with zero attached hydrogens (tertiary/aromatic N) is 2. The van der Waals surface area contributed by atoms with Gasteiger partial charge in [-0.2, -0.15) is 0 Å². The average Bonchev–Trinajstić information content (AvgIpc) is 3.08. The van der Waals surface area contributed by atoms with E-state index in [1.807, 2.05) is 56.3 Å². The van der Waals surface area contributed by atoms with Crippen LogP contribution in [0.1, 0.15) is 18.5 Å². The molecule has 3 aromatic rings. The zero-order chi connectivity index (χ0) is 16.8. The molecular weight excluding hydrogens is 304 g/mol. The Bertz CT molecular complexity index is 770. The average molecular weight is 324 g/mol. The van der Waals surface area contributed by atoms with Crippen LogP contribution in [0.3, 0.4) is 0 Å². The molecule has 0 bridgehead atoms. The molecule has 6 nitrogen and oxygen atoms in total. The fourth-order valence-electron chi connectivity index (χ4n) is 2.26. The summed E-state index contributed by atoms with van der Waals surface area (Å²) in [5, 5.41) is 6.51. The van der Waals surface area contributed by atoms with Crippen LogP contribution >= 0.6 is 0 Å². The van der Waals surface area contributed by atoms with Crippen molar-refractivity contribution in [2.45, 2.75) is 20.4 Å². The summed E-state index contributed by atoms with van der Waals surface area (Å²) < 4.78 is 10.8. The van der Waals surface area contributed by atoms with E-state index in [1.54, 1.807) is 6.26 Å². The predicted molar refractivity (Wildman–Crippen MR) is 93.7 cm³/mol. The molecule has 124 valence electrons. The highest BCUT2D eigenvalue weighted by molar-refractivity contribution is 5.60. The third kappa shape index (κ3) is 4.25. The molecule has 24 heavy (non-hydrogen) atoms. The van der Waals surface area contributed by atoms with E-state index < -0.39 is 0 Å². The third-order valence-corrected chi connectivity index (χ3v) is 3.30. The van der Waals surface area contributed by atoms with Gasteiger partial charge in [0.05, 0.1) is 19.4 Å². The highest BCUT2D eigenvalue weighted by atomic mass is 16.5. The van der Waals surface area contributed by atoms with Crippen molar-refractivity contribution in [3.8, 4) is 5.75 Å². The lowest BCUT2D eigenvalue weighted by molar-refractivity contribution is 0.340. The van der Waals surface area contributed by atoms with E-state index in [-0.39, 0.29) is 0 Å². The van der Waals surface area contributed by atoms with Crippen molar-refractivity contribution >= 4 is 17.3 Å². The third-order valence-electron chi connectivity index (χ3n) is 3.30. The largest absolute Gasteiger partial charge is 0.494 e. The molecule has 0 saturated carbocycles. The van der Waals surface area contributed by atoms with E-state index >= 15 is 0 Å². The maximum atomic E-state index is 5.44. The van der Waals surface area contributed by atoms with E-state index in [2.05, 4.69) is 20.6 Å². The number of nitrogens with one attached hydrogen (secondary N) is 2. The van der Waals surface area contributed by atoms with Gasteiger partial charge in [0.15, 0.2) is 0 Å². The summed E-state index contributed by atoms with van der Waals surface area (Å²) >= 11 is 0. The van der Waals surface area contributed by atoms with Gasteiger partial charge in [-0.3, -0.25) is 0 Å². The fourth-order valence-corrected chi connectivity index (χ4v) is 2.26. The Morgan fingerprint density at radius 2 is 1.88 bits per heavy atom. The molecule has 2 heterocycles. The van der Waals surface area contributed by atoms with Crippen LogP contribution in [0.4, 0.5) is 17.3 Å². The van der Waals surface area contributed by atoms with Crippen LogP contribution < -0.4 is 15.4 Å². The Balaban J connectivity index is 1.68. The van der Waals surface area contributed by atoms with E-state index in [4.69, 9.17) is 9.15 Å². The SMILES string of the molecule is CCOc1ccc(Nc2cc(NCc3ccco3)nc(C)n2)cc1. The molecule has 6 heteroatoms. The van der Waals surface area contributed by atoms with Crippen molar-refractivity contribution in [2.24, 2.45) is 0 Å². The molecule has 2 N–H and O–H groups in total. The quantitative estimate of drug-likeness (QED) is 0.681. The normalized spacial score (nSPS) is 10.4. The number of rotatable bonds is 7. The molecule has 0 fully saturated rings. The summed E-state index contributed by atoms with van der Waals surface area (Å²) in [6, 6.07) is 13.4. The van der Waals surface area contributed by atoms with E-state index in [1.165, 1.54) is 0 Å². The van der Waals surface area contributed by atoms with E-state index in [0.29, 0.717) is 19.0 Å². The van der Waals surface area contributed by atoms with Crippen LogP contribution in [0.5, 0.6) is 5.75 Å². The second-order valence-corrected chi connectivity index (χ2v) is 5.20. The summed E-state index contributed by atoms with van der Waals surface area (Å²) in [6.45, 7) is 5.06. The Labute approximate surface area is 140 Å². The smallest absolute Gasteiger partial charge is 0.136 e. The minimum Gasteiger partial charge on any atom is -0.494 e. The molecule has 0 unspecified atom stereocenters. The monoisotopic (exact) mass is 324 g/mol. The Morgan fingerprint density at radius 3 is 2.58 bits per heavy atom. The Morgan fingerprint density at radius 1 is 1.08 bits per heavy atom. The number of furan rings is 1. The maximum absolute atomic E-state index is 5.44. The molecule has 2 aromatic heterocycles. The van der Waals surface area contributed by atoms with E-state index in [9.17, 15) is 0 Å². The molecular formula is C18H20N4O2. The minimum absolute atomic E-state index is 0.575. The molecule has 0 aliphatic heterocycles. The van der Waals surface area contributed by atoms with Gasteiger partial charge in [-0.1, -0.05) is 0 Å². The maximum Gasteiger partial charge on any atom is 0.136 e. The lowest BCUT2D eigenvalue weighted by Crippen LogP contribution is -2.04. The first-order chi connectivity index (χ1) is 11.7. The molecule has 0 saturated heterocycles. The first-order valence-corrected chi connectivity index (χ1v) is 7.85. The number of hydrogen-bond acceptors (Lipinski definition) is 6. The predicted octanol–water partition coefficient (Wildman–Crippen LogP) is 4.13. The standard InChI is InChI=1S/C18H20N4O2/c1-3-23-15-8-6-14(7-9-15)22-18-11-17(20-13(2)21-18)19-12-16-5-4-10-24-16/h4-11H,3,12H2,1-2H3,(H2,19,20,21,22). The highest BCUT2D eigenvalue weighted by Gasteiger charge is 2.04. The van der Waals surface area contributed by atoms with Crippen molar-refractivity contribution in [1.29, 1.82) is 0 Å². The summed E-state index contributed by atoms with van der Waals surface area (Å²) in [5.74, 6) is 3.86. The van der Waals surface area contributed by atoms with Gasteiger partial charge in [-0.15, -0.1) is 0 Å². The van der Waals surface area contributed by atoms with Crippen LogP contribution in [-0.2, 0) is 6.54 Å². The van der Waals surface area contributed by atoms with Crippen LogP contribution in [0.25, 0.3) is 0 Å². The molecule has 0 spiro atoms. The topological polar surface area (TPSA) is 72.2 Å². The lowest BCUT2D eigenvalue weighted by Gasteiger charge is -2.10. The molecule has 0 atom stereocenters. The first-order valence-electron chi connectivity index (χ1n) is 7.85. The van der Waals surface area contributed by atoms with Gasteiger partial charge < -0.3 is 19.8 Å². The molecule has 3 rings (SSSR count). The first kappa shape index (κ1) is 15.9. The fraction of sp³-hybridized carbons (Fsp3) is 0.222. The number of aryl methyl sites for hydroxylation is 1. The van der Waals surface area contributed by atoms with Gasteiger partial charge in [-0.25, -0.2) is 9.97 Å². The minimum atomic E-state index is 0.575. The molecule has 0 aliphatic carbocycles. The molecule has 0 amide bonds. The van der Waals surface area contributed by atoms with Crippen LogP contribution in [-0.4, -0.2) is 16.6 Å². The van der Waals surface area contributed by atoms with Crippen molar-refractivity contribution in [2.75, 3.05) is 17.2 Å². The van der Waals surface area contributed by atoms with Gasteiger partial charge in [0, 0.05) is 11.8 Å². The van der Waals surface area contributed by atoms with Gasteiger partial charge in [-0.05, 0) is 50.2 Å². The zero-order valence-electron chi connectivity index (χ0n) is 13.7. The van der Waals surface area contributed by atoms with Gasteiger partial charge in [0.25, 0.3) is 0 Å². The van der Waals surface area contributed by atoms with Gasteiger partial charge in [0.2, 0.25) is 0 Å². The lowest BCUT2D eigenvalue weighted by atomic mass is 10.3. The molecule has 0 radical (unpaired) electrons. The van der Waals surface area contributed by atoms with Crippen molar-refractivity contribution in [1.82, 2.24) is 9.97 Å². The number of ether oxygens (including phenoxy) is 1. The van der Waals surface area contributed by atoms with Crippen LogP contribution in [0.15, 0.2) is 53.1 Å². The second kappa shape index (κ2) is 7.50. The summed E-state index contributed by atoms with van der Waals surface area (Å²) in [5.41, 5.74) is 0.938. The summed E-state index contributed by atoms with van der Waals surface area (Å²) in [4.78, 5) is 8.81. The van der Waals surface area contributed by atoms with Crippen molar-refractivity contribution in [3.63, 3.8) is 0 Å². The van der Waals surface area contributed by atoms with Crippen molar-refractivity contribution < 1.29 is 9.15 Å².